The van der Waals surface area contributed by atoms with Crippen molar-refractivity contribution in [2.75, 3.05) is 0 Å². The highest BCUT2D eigenvalue weighted by atomic mass is 19.1. The van der Waals surface area contributed by atoms with Crippen molar-refractivity contribution >= 4 is 0 Å². The summed E-state index contributed by atoms with van der Waals surface area (Å²) in [6, 6.07) is 7.64. The quantitative estimate of drug-likeness (QED) is 0.642. The number of hydrogen-bond acceptors (Lipinski definition) is 2. The van der Waals surface area contributed by atoms with E-state index in [1.165, 1.54) is 12.1 Å². The minimum absolute atomic E-state index is 0.258. The second kappa shape index (κ2) is 2.77. The van der Waals surface area contributed by atoms with Gasteiger partial charge in [0.05, 0.1) is 0 Å². The van der Waals surface area contributed by atoms with E-state index in [0.717, 1.165) is 5.56 Å². The van der Waals surface area contributed by atoms with Crippen LogP contribution < -0.4 is 0 Å². The van der Waals surface area contributed by atoms with E-state index in [1.807, 2.05) is 0 Å². The lowest BCUT2D eigenvalue weighted by Crippen LogP contribution is -1.77. The molecule has 1 aromatic heterocycles. The first-order valence-corrected chi connectivity index (χ1v) is 3.45. The first-order valence-electron chi connectivity index (χ1n) is 3.45. The summed E-state index contributed by atoms with van der Waals surface area (Å²) in [4.78, 5) is 0. The molecular weight excluding hydrogens is 157 g/mol. The van der Waals surface area contributed by atoms with E-state index < -0.39 is 0 Å². The molecule has 2 rings (SSSR count). The number of aromatic nitrogens is 1. The van der Waals surface area contributed by atoms with Gasteiger partial charge in [0, 0.05) is 11.6 Å². The van der Waals surface area contributed by atoms with Gasteiger partial charge >= 0.3 is 0 Å². The standard InChI is InChI=1S/C9H5FNO/c10-8-3-1-7(2-4-8)9-5-6-12-11-9/h1-5H. The van der Waals surface area contributed by atoms with E-state index in [2.05, 4.69) is 15.9 Å². The third-order valence-electron chi connectivity index (χ3n) is 1.53. The van der Waals surface area contributed by atoms with Crippen LogP contribution in [0.3, 0.4) is 0 Å². The summed E-state index contributed by atoms with van der Waals surface area (Å²) in [6.45, 7) is 0. The van der Waals surface area contributed by atoms with Crippen molar-refractivity contribution in [1.82, 2.24) is 5.16 Å². The summed E-state index contributed by atoms with van der Waals surface area (Å²) in [5, 5.41) is 3.66. The molecule has 2 aromatic rings. The van der Waals surface area contributed by atoms with Gasteiger partial charge in [-0.15, -0.1) is 0 Å². The smallest absolute Gasteiger partial charge is 0.205 e. The predicted octanol–water partition coefficient (Wildman–Crippen LogP) is 2.28. The van der Waals surface area contributed by atoms with Gasteiger partial charge in [-0.1, -0.05) is 5.16 Å². The van der Waals surface area contributed by atoms with Crippen molar-refractivity contribution in [2.24, 2.45) is 0 Å². The first-order chi connectivity index (χ1) is 5.86. The van der Waals surface area contributed by atoms with Crippen LogP contribution in [-0.4, -0.2) is 5.16 Å². The largest absolute Gasteiger partial charge is 0.352 e. The van der Waals surface area contributed by atoms with Crippen LogP contribution in [0.2, 0.25) is 0 Å². The van der Waals surface area contributed by atoms with Gasteiger partial charge in [0.1, 0.15) is 11.5 Å². The molecule has 0 saturated carbocycles. The van der Waals surface area contributed by atoms with Gasteiger partial charge in [-0.25, -0.2) is 4.39 Å². The van der Waals surface area contributed by atoms with Crippen molar-refractivity contribution < 1.29 is 8.91 Å². The average Bonchev–Trinajstić information content (AvgIpc) is 2.58. The number of halogens is 1. The van der Waals surface area contributed by atoms with Crippen molar-refractivity contribution in [3.05, 3.63) is 42.4 Å². The molecule has 0 N–H and O–H groups in total. The van der Waals surface area contributed by atoms with Crippen LogP contribution in [0.25, 0.3) is 11.3 Å². The van der Waals surface area contributed by atoms with E-state index in [4.69, 9.17) is 0 Å². The van der Waals surface area contributed by atoms with Gasteiger partial charge in [-0.2, -0.15) is 0 Å². The van der Waals surface area contributed by atoms with Crippen LogP contribution >= 0.6 is 0 Å². The molecule has 1 heterocycles. The fourth-order valence-electron chi connectivity index (χ4n) is 0.941. The van der Waals surface area contributed by atoms with Gasteiger partial charge in [-0.05, 0) is 24.3 Å². The fraction of sp³-hybridized carbons (Fsp3) is 0. The summed E-state index contributed by atoms with van der Waals surface area (Å²) in [5.74, 6) is -0.258. The molecule has 0 saturated heterocycles. The lowest BCUT2D eigenvalue weighted by molar-refractivity contribution is 0.415. The summed E-state index contributed by atoms with van der Waals surface area (Å²) in [6.07, 6.45) is 2.46. The van der Waals surface area contributed by atoms with Gasteiger partial charge in [0.15, 0.2) is 0 Å². The second-order valence-electron chi connectivity index (χ2n) is 2.34. The Morgan fingerprint density at radius 1 is 1.25 bits per heavy atom. The maximum absolute atomic E-state index is 12.5. The molecule has 0 spiro atoms. The van der Waals surface area contributed by atoms with E-state index >= 15 is 0 Å². The summed E-state index contributed by atoms with van der Waals surface area (Å²) >= 11 is 0. The normalized spacial score (nSPS) is 10.1. The molecule has 0 aliphatic heterocycles. The maximum Gasteiger partial charge on any atom is 0.205 e. The zero-order valence-corrected chi connectivity index (χ0v) is 6.12. The highest BCUT2D eigenvalue weighted by Crippen LogP contribution is 2.16. The van der Waals surface area contributed by atoms with Crippen LogP contribution in [0.5, 0.6) is 0 Å². The Kier molecular flexibility index (Phi) is 1.63. The van der Waals surface area contributed by atoms with Crippen LogP contribution in [0.1, 0.15) is 0 Å². The lowest BCUT2D eigenvalue weighted by atomic mass is 10.1. The second-order valence-corrected chi connectivity index (χ2v) is 2.34. The fourth-order valence-corrected chi connectivity index (χ4v) is 0.941. The number of nitrogens with zero attached hydrogens (tertiary/aromatic N) is 1. The minimum Gasteiger partial charge on any atom is -0.352 e. The van der Waals surface area contributed by atoms with E-state index in [0.29, 0.717) is 5.69 Å². The number of rotatable bonds is 1. The van der Waals surface area contributed by atoms with Crippen molar-refractivity contribution in [3.8, 4) is 11.3 Å². The Labute approximate surface area is 68.6 Å². The molecule has 3 heteroatoms. The summed E-state index contributed by atoms with van der Waals surface area (Å²) in [5.41, 5.74) is 1.48. The molecule has 12 heavy (non-hydrogen) atoms. The molecule has 0 bridgehead atoms. The Balaban J connectivity index is 2.43. The molecule has 59 valence electrons. The van der Waals surface area contributed by atoms with Crippen molar-refractivity contribution in [2.45, 2.75) is 0 Å². The molecule has 0 amide bonds. The van der Waals surface area contributed by atoms with Gasteiger partial charge in [0.2, 0.25) is 6.26 Å². The van der Waals surface area contributed by atoms with Crippen LogP contribution in [0, 0.1) is 12.1 Å². The Morgan fingerprint density at radius 3 is 2.58 bits per heavy atom. The third kappa shape index (κ3) is 1.21. The highest BCUT2D eigenvalue weighted by molar-refractivity contribution is 5.57. The molecule has 0 unspecified atom stereocenters. The molecule has 1 radical (unpaired) electrons. The molecule has 1 aromatic carbocycles. The molecule has 0 aliphatic rings. The van der Waals surface area contributed by atoms with Gasteiger partial charge in [-0.3, -0.25) is 0 Å². The first kappa shape index (κ1) is 7.03. The summed E-state index contributed by atoms with van der Waals surface area (Å²) < 4.78 is 17.0. The Morgan fingerprint density at radius 2 is 2.00 bits per heavy atom. The van der Waals surface area contributed by atoms with E-state index in [1.54, 1.807) is 18.2 Å². The zero-order chi connectivity index (χ0) is 8.39. The topological polar surface area (TPSA) is 26.0 Å². The average molecular weight is 162 g/mol. The molecule has 2 nitrogen and oxygen atoms in total. The van der Waals surface area contributed by atoms with Crippen LogP contribution in [0.4, 0.5) is 4.39 Å². The number of hydrogen-bond donors (Lipinski definition) is 0. The van der Waals surface area contributed by atoms with Gasteiger partial charge < -0.3 is 4.52 Å². The number of benzene rings is 1. The predicted molar refractivity (Wildman–Crippen MR) is 40.7 cm³/mol. The molecule has 0 atom stereocenters. The highest BCUT2D eigenvalue weighted by Gasteiger charge is 1.99. The SMILES string of the molecule is Fc1ccc(-c2c[c]on2)cc1. The van der Waals surface area contributed by atoms with E-state index in [-0.39, 0.29) is 5.82 Å². The van der Waals surface area contributed by atoms with Crippen molar-refractivity contribution in [3.63, 3.8) is 0 Å². The monoisotopic (exact) mass is 162 g/mol. The van der Waals surface area contributed by atoms with Crippen LogP contribution in [0.15, 0.2) is 34.9 Å². The Hall–Kier alpha value is -1.64. The summed E-state index contributed by atoms with van der Waals surface area (Å²) in [7, 11) is 0. The minimum atomic E-state index is -0.258. The molecular formula is C9H5FNO. The van der Waals surface area contributed by atoms with Gasteiger partial charge in [0.25, 0.3) is 0 Å². The Bertz CT molecular complexity index is 353. The zero-order valence-electron chi connectivity index (χ0n) is 6.12. The lowest BCUT2D eigenvalue weighted by Gasteiger charge is -1.92. The maximum atomic E-state index is 12.5. The molecule has 0 fully saturated rings. The third-order valence-corrected chi connectivity index (χ3v) is 1.53. The van der Waals surface area contributed by atoms with E-state index in [9.17, 15) is 4.39 Å². The van der Waals surface area contributed by atoms with Crippen LogP contribution in [-0.2, 0) is 0 Å². The molecule has 0 aliphatic carbocycles. The van der Waals surface area contributed by atoms with Crippen molar-refractivity contribution in [1.29, 1.82) is 0 Å².